The number of guanidine groups is 1. The van der Waals surface area contributed by atoms with Crippen LogP contribution in [-0.4, -0.2) is 29.1 Å². The molecule has 0 saturated heterocycles. The molecule has 0 aromatic heterocycles. The molecule has 7 heteroatoms. The van der Waals surface area contributed by atoms with E-state index in [2.05, 4.69) is 16.9 Å². The summed E-state index contributed by atoms with van der Waals surface area (Å²) in [6.45, 7) is 10.3. The van der Waals surface area contributed by atoms with Gasteiger partial charge in [-0.2, -0.15) is 0 Å². The number of aliphatic imine (C=N–C) groups is 1. The van der Waals surface area contributed by atoms with Crippen molar-refractivity contribution in [1.29, 1.82) is 0 Å². The number of nitrogens with zero attached hydrogens (tertiary/aromatic N) is 2. The minimum absolute atomic E-state index is 0.427. The molecular formula is C22H26N4O3. The Bertz CT molecular complexity index is 947. The maximum Gasteiger partial charge on any atom is 0.414 e. The molecule has 0 radical (unpaired) electrons. The van der Waals surface area contributed by atoms with Gasteiger partial charge in [0.15, 0.2) is 0 Å². The number of anilines is 1. The lowest BCUT2D eigenvalue weighted by molar-refractivity contribution is 0.0556. The third-order valence-corrected chi connectivity index (χ3v) is 3.99. The second-order valence-corrected chi connectivity index (χ2v) is 7.70. The molecule has 2 aromatic rings. The number of ether oxygens (including phenoxy) is 2. The van der Waals surface area contributed by atoms with Crippen LogP contribution in [0.15, 0.2) is 60.1 Å². The molecule has 2 aromatic carbocycles. The predicted molar refractivity (Wildman–Crippen MR) is 114 cm³/mol. The highest BCUT2D eigenvalue weighted by Crippen LogP contribution is 2.32. The van der Waals surface area contributed by atoms with Crippen LogP contribution in [0.25, 0.3) is 0 Å². The molecule has 7 nitrogen and oxygen atoms in total. The summed E-state index contributed by atoms with van der Waals surface area (Å²) in [5.74, 6) is 1.78. The van der Waals surface area contributed by atoms with Crippen LogP contribution >= 0.6 is 0 Å². The zero-order chi connectivity index (χ0) is 21.0. The number of nitrogen functional groups attached to an aromatic ring is 1. The highest BCUT2D eigenvalue weighted by atomic mass is 16.6. The maximum atomic E-state index is 12.2. The summed E-state index contributed by atoms with van der Waals surface area (Å²) in [6, 6.07) is 12.9. The summed E-state index contributed by atoms with van der Waals surface area (Å²) in [5.41, 5.74) is 7.59. The molecule has 1 aliphatic rings. The lowest BCUT2D eigenvalue weighted by atomic mass is 10.1. The molecule has 0 fully saturated rings. The molecular weight excluding hydrogens is 368 g/mol. The van der Waals surface area contributed by atoms with E-state index in [1.807, 2.05) is 56.0 Å². The van der Waals surface area contributed by atoms with Crippen LogP contribution in [0, 0.1) is 0 Å². The van der Waals surface area contributed by atoms with Gasteiger partial charge in [-0.15, -0.1) is 6.58 Å². The molecule has 3 N–H and O–H groups in total. The summed E-state index contributed by atoms with van der Waals surface area (Å²) in [4.78, 5) is 18.7. The molecule has 0 aliphatic carbocycles. The number of hydrogen-bond donors (Lipinski definition) is 2. The molecule has 0 spiro atoms. The topological polar surface area (TPSA) is 89.2 Å². The summed E-state index contributed by atoms with van der Waals surface area (Å²) in [6.07, 6.45) is 1.21. The van der Waals surface area contributed by atoms with Crippen LogP contribution in [0.4, 0.5) is 16.2 Å². The molecule has 0 unspecified atom stereocenters. The number of nitrogens with two attached hydrogens (primary N) is 1. The molecule has 0 saturated carbocycles. The third-order valence-electron chi connectivity index (χ3n) is 3.99. The van der Waals surface area contributed by atoms with Crippen LogP contribution < -0.4 is 15.8 Å². The molecule has 0 bridgehead atoms. The van der Waals surface area contributed by atoms with Crippen molar-refractivity contribution in [2.24, 2.45) is 4.99 Å². The van der Waals surface area contributed by atoms with E-state index in [0.29, 0.717) is 36.2 Å². The molecule has 1 heterocycles. The van der Waals surface area contributed by atoms with Crippen molar-refractivity contribution in [3.05, 3.63) is 60.7 Å². The van der Waals surface area contributed by atoms with Crippen LogP contribution in [0.1, 0.15) is 26.3 Å². The average Bonchev–Trinajstić information content (AvgIpc) is 2.61. The highest BCUT2D eigenvalue weighted by Gasteiger charge is 2.24. The second-order valence-electron chi connectivity index (χ2n) is 7.70. The van der Waals surface area contributed by atoms with Crippen LogP contribution in [0.2, 0.25) is 0 Å². The summed E-state index contributed by atoms with van der Waals surface area (Å²) < 4.78 is 11.2. The highest BCUT2D eigenvalue weighted by molar-refractivity contribution is 5.96. The standard InChI is InChI=1S/C22H26N4O3/c1-5-11-26-14-15-12-18(28-17-8-6-7-16(23)13-17)9-10-19(15)24-20(26)25-21(27)29-22(2,3)4/h5-10,12-13H,1,11,14,23H2,2-4H3,(H,24,25,27). The van der Waals surface area contributed by atoms with Gasteiger partial charge in [-0.1, -0.05) is 12.1 Å². The number of fused-ring (bicyclic) bond motifs is 1. The van der Waals surface area contributed by atoms with Gasteiger partial charge in [0, 0.05) is 30.4 Å². The Morgan fingerprint density at radius 2 is 2.03 bits per heavy atom. The SMILES string of the molecule is C=CCN1Cc2cc(Oc3cccc(N)c3)ccc2N=C1NC(=O)OC(C)(C)C. The first kappa shape index (κ1) is 20.3. The van der Waals surface area contributed by atoms with Gasteiger partial charge in [0.25, 0.3) is 0 Å². The van der Waals surface area contributed by atoms with Crippen LogP contribution in [-0.2, 0) is 11.3 Å². The van der Waals surface area contributed by atoms with E-state index in [4.69, 9.17) is 15.2 Å². The number of hydrogen-bond acceptors (Lipinski definition) is 6. The quantitative estimate of drug-likeness (QED) is 0.585. The molecule has 29 heavy (non-hydrogen) atoms. The fourth-order valence-electron chi connectivity index (χ4n) is 2.85. The normalized spacial score (nSPS) is 13.2. The number of amides is 1. The van der Waals surface area contributed by atoms with Crippen molar-refractivity contribution < 1.29 is 14.3 Å². The van der Waals surface area contributed by atoms with Gasteiger partial charge < -0.3 is 20.1 Å². The minimum atomic E-state index is -0.590. The Hall–Kier alpha value is -3.48. The summed E-state index contributed by atoms with van der Waals surface area (Å²) in [7, 11) is 0. The van der Waals surface area contributed by atoms with Gasteiger partial charge in [0.2, 0.25) is 5.96 Å². The molecule has 152 valence electrons. The van der Waals surface area contributed by atoms with E-state index in [1.54, 1.807) is 18.2 Å². The van der Waals surface area contributed by atoms with E-state index >= 15 is 0 Å². The van der Waals surface area contributed by atoms with Crippen molar-refractivity contribution in [3.8, 4) is 11.5 Å². The van der Waals surface area contributed by atoms with Crippen molar-refractivity contribution >= 4 is 23.4 Å². The van der Waals surface area contributed by atoms with Gasteiger partial charge in [-0.3, -0.25) is 5.32 Å². The molecule has 1 amide bonds. The number of rotatable bonds is 4. The number of benzene rings is 2. The maximum absolute atomic E-state index is 12.2. The van der Waals surface area contributed by atoms with E-state index < -0.39 is 11.7 Å². The van der Waals surface area contributed by atoms with Crippen LogP contribution in [0.3, 0.4) is 0 Å². The monoisotopic (exact) mass is 394 g/mol. The summed E-state index contributed by atoms with van der Waals surface area (Å²) in [5, 5.41) is 2.73. The predicted octanol–water partition coefficient (Wildman–Crippen LogP) is 4.57. The van der Waals surface area contributed by atoms with E-state index in [0.717, 1.165) is 11.3 Å². The Morgan fingerprint density at radius 1 is 1.28 bits per heavy atom. The second kappa shape index (κ2) is 8.26. The lowest BCUT2D eigenvalue weighted by Crippen LogP contribution is -2.46. The number of carbonyl (C=O) groups is 1. The first-order chi connectivity index (χ1) is 13.7. The van der Waals surface area contributed by atoms with Gasteiger partial charge in [0.1, 0.15) is 17.1 Å². The Morgan fingerprint density at radius 3 is 2.72 bits per heavy atom. The molecule has 1 aliphatic heterocycles. The fourth-order valence-corrected chi connectivity index (χ4v) is 2.85. The zero-order valence-electron chi connectivity index (χ0n) is 16.9. The molecule has 3 rings (SSSR count). The van der Waals surface area contributed by atoms with Gasteiger partial charge >= 0.3 is 6.09 Å². The zero-order valence-corrected chi connectivity index (χ0v) is 16.9. The number of alkyl carbamates (subject to hydrolysis) is 1. The fraction of sp³-hybridized carbons (Fsp3) is 0.273. The van der Waals surface area contributed by atoms with E-state index in [-0.39, 0.29) is 0 Å². The first-order valence-corrected chi connectivity index (χ1v) is 9.34. The van der Waals surface area contributed by atoms with E-state index in [9.17, 15) is 4.79 Å². The summed E-state index contributed by atoms with van der Waals surface area (Å²) >= 11 is 0. The van der Waals surface area contributed by atoms with Crippen LogP contribution in [0.5, 0.6) is 11.5 Å². The third kappa shape index (κ3) is 5.51. The van der Waals surface area contributed by atoms with Crippen molar-refractivity contribution in [2.45, 2.75) is 32.9 Å². The Kier molecular flexibility index (Phi) is 5.77. The van der Waals surface area contributed by atoms with Gasteiger partial charge in [-0.25, -0.2) is 9.79 Å². The number of carbonyl (C=O) groups excluding carboxylic acids is 1. The first-order valence-electron chi connectivity index (χ1n) is 9.34. The largest absolute Gasteiger partial charge is 0.457 e. The lowest BCUT2D eigenvalue weighted by Gasteiger charge is -2.30. The van der Waals surface area contributed by atoms with Crippen molar-refractivity contribution in [2.75, 3.05) is 12.3 Å². The molecule has 0 atom stereocenters. The average molecular weight is 394 g/mol. The van der Waals surface area contributed by atoms with E-state index in [1.165, 1.54) is 0 Å². The minimum Gasteiger partial charge on any atom is -0.457 e. The van der Waals surface area contributed by atoms with Crippen molar-refractivity contribution in [3.63, 3.8) is 0 Å². The Labute approximate surface area is 170 Å². The van der Waals surface area contributed by atoms with Gasteiger partial charge in [-0.05, 0) is 51.1 Å². The Balaban J connectivity index is 1.82. The number of nitrogens with one attached hydrogen (secondary N) is 1. The van der Waals surface area contributed by atoms with Crippen molar-refractivity contribution in [1.82, 2.24) is 10.2 Å². The smallest absolute Gasteiger partial charge is 0.414 e. The van der Waals surface area contributed by atoms with Gasteiger partial charge in [0.05, 0.1) is 5.69 Å².